The molecule has 2 aromatic heterocycles. The van der Waals surface area contributed by atoms with Crippen molar-refractivity contribution < 1.29 is 0 Å². The highest BCUT2D eigenvalue weighted by Crippen LogP contribution is 2.33. The fraction of sp³-hybridized carbons (Fsp3) is 0.545. The van der Waals surface area contributed by atoms with E-state index >= 15 is 0 Å². The van der Waals surface area contributed by atoms with E-state index in [0.29, 0.717) is 11.9 Å². The molecule has 2 aromatic rings. The van der Waals surface area contributed by atoms with Crippen LogP contribution < -0.4 is 5.73 Å². The van der Waals surface area contributed by atoms with Gasteiger partial charge in [0, 0.05) is 6.04 Å². The van der Waals surface area contributed by atoms with Gasteiger partial charge >= 0.3 is 0 Å². The molecule has 1 saturated carbocycles. The molecule has 16 heavy (non-hydrogen) atoms. The third kappa shape index (κ3) is 1.27. The summed E-state index contributed by atoms with van der Waals surface area (Å²) in [6, 6.07) is 0.541. The molecule has 1 aliphatic carbocycles. The van der Waals surface area contributed by atoms with Crippen molar-refractivity contribution >= 4 is 17.0 Å². The van der Waals surface area contributed by atoms with Gasteiger partial charge in [-0.15, -0.1) is 0 Å². The van der Waals surface area contributed by atoms with Crippen molar-refractivity contribution in [2.24, 2.45) is 0 Å². The highest BCUT2D eigenvalue weighted by molar-refractivity contribution is 5.81. The molecule has 0 unspecified atom stereocenters. The van der Waals surface area contributed by atoms with Crippen LogP contribution in [0, 0.1) is 6.92 Å². The summed E-state index contributed by atoms with van der Waals surface area (Å²) in [6.07, 6.45) is 6.55. The van der Waals surface area contributed by atoms with Crippen LogP contribution in [0.15, 0.2) is 6.33 Å². The summed E-state index contributed by atoms with van der Waals surface area (Å²) in [7, 11) is 0. The third-order valence-corrected chi connectivity index (χ3v) is 3.37. The number of imidazole rings is 1. The number of nitrogen functional groups attached to an aromatic ring is 1. The molecule has 0 amide bonds. The van der Waals surface area contributed by atoms with Crippen LogP contribution in [0.5, 0.6) is 0 Å². The number of nitrogens with zero attached hydrogens (tertiary/aromatic N) is 4. The molecule has 5 nitrogen and oxygen atoms in total. The van der Waals surface area contributed by atoms with Crippen LogP contribution in [0.4, 0.5) is 5.82 Å². The SMILES string of the molecule is Cc1nc2c(N)ncnc2n1C1CCCC1. The van der Waals surface area contributed by atoms with E-state index in [1.165, 1.54) is 32.0 Å². The first kappa shape index (κ1) is 9.57. The number of aryl methyl sites for hydroxylation is 1. The van der Waals surface area contributed by atoms with Gasteiger partial charge in [-0.1, -0.05) is 12.8 Å². The van der Waals surface area contributed by atoms with E-state index in [-0.39, 0.29) is 0 Å². The largest absolute Gasteiger partial charge is 0.382 e. The average molecular weight is 217 g/mol. The summed E-state index contributed by atoms with van der Waals surface area (Å²) in [5.41, 5.74) is 7.44. The number of rotatable bonds is 1. The van der Waals surface area contributed by atoms with Crippen LogP contribution in [-0.4, -0.2) is 19.5 Å². The van der Waals surface area contributed by atoms with Gasteiger partial charge in [-0.25, -0.2) is 15.0 Å². The second-order valence-electron chi connectivity index (χ2n) is 4.40. The molecule has 84 valence electrons. The Balaban J connectivity index is 2.22. The molecule has 0 bridgehead atoms. The molecule has 0 atom stereocenters. The lowest BCUT2D eigenvalue weighted by atomic mass is 10.2. The average Bonchev–Trinajstić information content (AvgIpc) is 2.85. The van der Waals surface area contributed by atoms with Gasteiger partial charge in [0.15, 0.2) is 17.0 Å². The van der Waals surface area contributed by atoms with Gasteiger partial charge in [-0.05, 0) is 19.8 Å². The molecule has 5 heteroatoms. The lowest BCUT2D eigenvalue weighted by Crippen LogP contribution is -2.07. The van der Waals surface area contributed by atoms with Gasteiger partial charge in [0.1, 0.15) is 12.2 Å². The molecular weight excluding hydrogens is 202 g/mol. The fourth-order valence-corrected chi connectivity index (χ4v) is 2.63. The van der Waals surface area contributed by atoms with Crippen LogP contribution in [-0.2, 0) is 0 Å². The first-order valence-corrected chi connectivity index (χ1v) is 5.72. The van der Waals surface area contributed by atoms with Gasteiger partial charge in [0.25, 0.3) is 0 Å². The van der Waals surface area contributed by atoms with Crippen LogP contribution in [0.2, 0.25) is 0 Å². The Morgan fingerprint density at radius 3 is 2.81 bits per heavy atom. The first-order chi connectivity index (χ1) is 7.77. The number of aromatic nitrogens is 4. The summed E-state index contributed by atoms with van der Waals surface area (Å²) in [4.78, 5) is 12.8. The van der Waals surface area contributed by atoms with Gasteiger partial charge < -0.3 is 10.3 Å². The van der Waals surface area contributed by atoms with Gasteiger partial charge in [0.05, 0.1) is 0 Å². The summed E-state index contributed by atoms with van der Waals surface area (Å²) in [5, 5.41) is 0. The number of anilines is 1. The van der Waals surface area contributed by atoms with Crippen molar-refractivity contribution in [1.82, 2.24) is 19.5 Å². The zero-order valence-electron chi connectivity index (χ0n) is 9.35. The van der Waals surface area contributed by atoms with Crippen LogP contribution in [0.3, 0.4) is 0 Å². The molecule has 3 rings (SSSR count). The Morgan fingerprint density at radius 2 is 2.06 bits per heavy atom. The number of hydrogen-bond acceptors (Lipinski definition) is 4. The van der Waals surface area contributed by atoms with Crippen molar-refractivity contribution in [3.8, 4) is 0 Å². The van der Waals surface area contributed by atoms with Gasteiger partial charge in [-0.2, -0.15) is 0 Å². The molecule has 0 saturated heterocycles. The van der Waals surface area contributed by atoms with Crippen LogP contribution >= 0.6 is 0 Å². The molecule has 0 spiro atoms. The second kappa shape index (κ2) is 3.43. The molecule has 1 aliphatic rings. The zero-order valence-corrected chi connectivity index (χ0v) is 9.35. The predicted octanol–water partition coefficient (Wildman–Crippen LogP) is 1.83. The Labute approximate surface area is 93.7 Å². The maximum Gasteiger partial charge on any atom is 0.165 e. The summed E-state index contributed by atoms with van der Waals surface area (Å²) in [5.74, 6) is 1.47. The fourth-order valence-electron chi connectivity index (χ4n) is 2.63. The Morgan fingerprint density at radius 1 is 1.31 bits per heavy atom. The topological polar surface area (TPSA) is 69.6 Å². The van der Waals surface area contributed by atoms with Crippen molar-refractivity contribution in [3.63, 3.8) is 0 Å². The Bertz CT molecular complexity index is 524. The normalized spacial score (nSPS) is 17.3. The molecule has 2 N–H and O–H groups in total. The summed E-state index contributed by atoms with van der Waals surface area (Å²) < 4.78 is 2.22. The van der Waals surface area contributed by atoms with E-state index < -0.39 is 0 Å². The third-order valence-electron chi connectivity index (χ3n) is 3.37. The minimum atomic E-state index is 0.477. The molecule has 0 aromatic carbocycles. The van der Waals surface area contributed by atoms with E-state index in [0.717, 1.165) is 17.0 Å². The van der Waals surface area contributed by atoms with Gasteiger partial charge in [-0.3, -0.25) is 0 Å². The van der Waals surface area contributed by atoms with E-state index in [9.17, 15) is 0 Å². The minimum Gasteiger partial charge on any atom is -0.382 e. The lowest BCUT2D eigenvalue weighted by Gasteiger charge is -2.13. The minimum absolute atomic E-state index is 0.477. The van der Waals surface area contributed by atoms with E-state index in [1.807, 2.05) is 6.92 Å². The van der Waals surface area contributed by atoms with Crippen LogP contribution in [0.1, 0.15) is 37.5 Å². The standard InChI is InChI=1S/C11H15N5/c1-7-15-9-10(12)13-6-14-11(9)16(7)8-4-2-3-5-8/h6,8H,2-5H2,1H3,(H2,12,13,14). The molecule has 1 fully saturated rings. The van der Waals surface area contributed by atoms with Gasteiger partial charge in [0.2, 0.25) is 0 Å². The monoisotopic (exact) mass is 217 g/mol. The Hall–Kier alpha value is -1.65. The second-order valence-corrected chi connectivity index (χ2v) is 4.40. The highest BCUT2D eigenvalue weighted by atomic mass is 15.2. The van der Waals surface area contributed by atoms with Crippen LogP contribution in [0.25, 0.3) is 11.2 Å². The van der Waals surface area contributed by atoms with E-state index in [4.69, 9.17) is 5.73 Å². The lowest BCUT2D eigenvalue weighted by molar-refractivity contribution is 0.517. The van der Waals surface area contributed by atoms with E-state index in [2.05, 4.69) is 19.5 Å². The van der Waals surface area contributed by atoms with Crippen molar-refractivity contribution in [2.45, 2.75) is 38.6 Å². The van der Waals surface area contributed by atoms with Crippen molar-refractivity contribution in [2.75, 3.05) is 5.73 Å². The predicted molar refractivity (Wildman–Crippen MR) is 62.0 cm³/mol. The molecular formula is C11H15N5. The maximum atomic E-state index is 5.81. The van der Waals surface area contributed by atoms with E-state index in [1.54, 1.807) is 0 Å². The number of hydrogen-bond donors (Lipinski definition) is 1. The van der Waals surface area contributed by atoms with Crippen molar-refractivity contribution in [3.05, 3.63) is 12.2 Å². The number of nitrogens with two attached hydrogens (primary N) is 1. The summed E-state index contributed by atoms with van der Waals surface area (Å²) >= 11 is 0. The molecule has 0 radical (unpaired) electrons. The molecule has 2 heterocycles. The highest BCUT2D eigenvalue weighted by Gasteiger charge is 2.22. The molecule has 0 aliphatic heterocycles. The zero-order chi connectivity index (χ0) is 11.1. The quantitative estimate of drug-likeness (QED) is 0.791. The number of fused-ring (bicyclic) bond motifs is 1. The maximum absolute atomic E-state index is 5.81. The summed E-state index contributed by atoms with van der Waals surface area (Å²) in [6.45, 7) is 2.01. The first-order valence-electron chi connectivity index (χ1n) is 5.72. The smallest absolute Gasteiger partial charge is 0.165 e. The Kier molecular flexibility index (Phi) is 2.05. The van der Waals surface area contributed by atoms with Crippen molar-refractivity contribution in [1.29, 1.82) is 0 Å².